The zero-order valence-corrected chi connectivity index (χ0v) is 10.4. The van der Waals surface area contributed by atoms with E-state index in [0.29, 0.717) is 10.7 Å². The van der Waals surface area contributed by atoms with Crippen molar-refractivity contribution in [3.05, 3.63) is 59.6 Å². The standard InChI is InChI=1S/C15H11ClN2/c16-13-9-11(17)6-7-12(13)15-8-5-10-3-1-2-4-14(10)18-15/h1-9H,17H2. The van der Waals surface area contributed by atoms with Crippen molar-refractivity contribution in [2.75, 3.05) is 5.73 Å². The van der Waals surface area contributed by atoms with E-state index in [2.05, 4.69) is 4.98 Å². The van der Waals surface area contributed by atoms with Crippen molar-refractivity contribution < 1.29 is 0 Å². The minimum absolute atomic E-state index is 0.623. The molecule has 0 saturated carbocycles. The van der Waals surface area contributed by atoms with E-state index >= 15 is 0 Å². The first kappa shape index (κ1) is 11.1. The fraction of sp³-hybridized carbons (Fsp3) is 0. The SMILES string of the molecule is Nc1ccc(-c2ccc3ccccc3n2)c(Cl)c1. The first-order valence-electron chi connectivity index (χ1n) is 5.65. The molecule has 1 aromatic heterocycles. The zero-order chi connectivity index (χ0) is 12.5. The molecule has 2 aromatic carbocycles. The van der Waals surface area contributed by atoms with Gasteiger partial charge in [0.2, 0.25) is 0 Å². The number of fused-ring (bicyclic) bond motifs is 1. The largest absolute Gasteiger partial charge is 0.399 e. The lowest BCUT2D eigenvalue weighted by atomic mass is 10.1. The molecule has 88 valence electrons. The van der Waals surface area contributed by atoms with Crippen LogP contribution in [-0.4, -0.2) is 4.98 Å². The Labute approximate surface area is 110 Å². The lowest BCUT2D eigenvalue weighted by Gasteiger charge is -2.06. The Morgan fingerprint density at radius 1 is 0.944 bits per heavy atom. The van der Waals surface area contributed by atoms with Crippen LogP contribution in [0.3, 0.4) is 0 Å². The summed E-state index contributed by atoms with van der Waals surface area (Å²) in [5, 5.41) is 1.74. The molecular formula is C15H11ClN2. The van der Waals surface area contributed by atoms with Crippen molar-refractivity contribution in [1.82, 2.24) is 4.98 Å². The second-order valence-corrected chi connectivity index (χ2v) is 4.54. The maximum atomic E-state index is 6.20. The zero-order valence-electron chi connectivity index (χ0n) is 9.60. The molecule has 0 fully saturated rings. The highest BCUT2D eigenvalue weighted by Crippen LogP contribution is 2.29. The van der Waals surface area contributed by atoms with Crippen molar-refractivity contribution in [2.24, 2.45) is 0 Å². The molecule has 0 radical (unpaired) electrons. The molecule has 3 rings (SSSR count). The van der Waals surface area contributed by atoms with Gasteiger partial charge in [-0.05, 0) is 30.3 Å². The van der Waals surface area contributed by atoms with Crippen LogP contribution in [0, 0.1) is 0 Å². The number of anilines is 1. The second kappa shape index (κ2) is 4.31. The van der Waals surface area contributed by atoms with Crippen molar-refractivity contribution in [3.8, 4) is 11.3 Å². The molecule has 0 spiro atoms. The van der Waals surface area contributed by atoms with Gasteiger partial charge in [-0.1, -0.05) is 35.9 Å². The van der Waals surface area contributed by atoms with Crippen molar-refractivity contribution in [1.29, 1.82) is 0 Å². The van der Waals surface area contributed by atoms with E-state index in [1.54, 1.807) is 6.07 Å². The Kier molecular flexibility index (Phi) is 2.65. The first-order valence-corrected chi connectivity index (χ1v) is 6.03. The van der Waals surface area contributed by atoms with E-state index in [9.17, 15) is 0 Å². The summed E-state index contributed by atoms with van der Waals surface area (Å²) in [4.78, 5) is 4.61. The van der Waals surface area contributed by atoms with Crippen molar-refractivity contribution in [2.45, 2.75) is 0 Å². The van der Waals surface area contributed by atoms with E-state index in [1.165, 1.54) is 0 Å². The monoisotopic (exact) mass is 254 g/mol. The van der Waals surface area contributed by atoms with Crippen LogP contribution >= 0.6 is 11.6 Å². The van der Waals surface area contributed by atoms with Crippen LogP contribution in [-0.2, 0) is 0 Å². The predicted molar refractivity (Wildman–Crippen MR) is 76.6 cm³/mol. The third kappa shape index (κ3) is 1.91. The average Bonchev–Trinajstić information content (AvgIpc) is 2.38. The van der Waals surface area contributed by atoms with Crippen LogP contribution in [0.1, 0.15) is 0 Å². The maximum Gasteiger partial charge on any atom is 0.0724 e. The van der Waals surface area contributed by atoms with Gasteiger partial charge in [0.05, 0.1) is 16.2 Å². The number of hydrogen-bond acceptors (Lipinski definition) is 2. The summed E-state index contributed by atoms with van der Waals surface area (Å²) in [5.41, 5.74) is 9.07. The van der Waals surface area contributed by atoms with Gasteiger partial charge in [-0.25, -0.2) is 4.98 Å². The number of rotatable bonds is 1. The van der Waals surface area contributed by atoms with Crippen LogP contribution in [0.4, 0.5) is 5.69 Å². The first-order chi connectivity index (χ1) is 8.74. The number of para-hydroxylation sites is 1. The van der Waals surface area contributed by atoms with Crippen LogP contribution < -0.4 is 5.73 Å². The Balaban J connectivity index is 2.19. The fourth-order valence-corrected chi connectivity index (χ4v) is 2.24. The average molecular weight is 255 g/mol. The molecule has 0 bridgehead atoms. The summed E-state index contributed by atoms with van der Waals surface area (Å²) in [6.07, 6.45) is 0. The van der Waals surface area contributed by atoms with E-state index in [1.807, 2.05) is 48.5 Å². The number of benzene rings is 2. The number of hydrogen-bond donors (Lipinski definition) is 1. The van der Waals surface area contributed by atoms with Crippen LogP contribution in [0.25, 0.3) is 22.2 Å². The highest BCUT2D eigenvalue weighted by molar-refractivity contribution is 6.33. The molecule has 2 N–H and O–H groups in total. The second-order valence-electron chi connectivity index (χ2n) is 4.13. The number of aromatic nitrogens is 1. The van der Waals surface area contributed by atoms with Gasteiger partial charge in [-0.2, -0.15) is 0 Å². The highest BCUT2D eigenvalue weighted by Gasteiger charge is 2.06. The van der Waals surface area contributed by atoms with Gasteiger partial charge < -0.3 is 5.73 Å². The molecule has 0 aliphatic rings. The lowest BCUT2D eigenvalue weighted by Crippen LogP contribution is -1.89. The van der Waals surface area contributed by atoms with E-state index < -0.39 is 0 Å². The Morgan fingerprint density at radius 3 is 2.61 bits per heavy atom. The van der Waals surface area contributed by atoms with Crippen LogP contribution in [0.5, 0.6) is 0 Å². The summed E-state index contributed by atoms with van der Waals surface area (Å²) in [6.45, 7) is 0. The number of nitrogens with two attached hydrogens (primary N) is 1. The summed E-state index contributed by atoms with van der Waals surface area (Å²) < 4.78 is 0. The number of halogens is 1. The van der Waals surface area contributed by atoms with Gasteiger partial charge in [0.15, 0.2) is 0 Å². The molecule has 2 nitrogen and oxygen atoms in total. The van der Waals surface area contributed by atoms with Gasteiger partial charge in [0.25, 0.3) is 0 Å². The summed E-state index contributed by atoms with van der Waals surface area (Å²) in [6, 6.07) is 17.5. The number of nitrogen functional groups attached to an aromatic ring is 1. The topological polar surface area (TPSA) is 38.9 Å². The minimum Gasteiger partial charge on any atom is -0.399 e. The van der Waals surface area contributed by atoms with Gasteiger partial charge in [-0.3, -0.25) is 0 Å². The van der Waals surface area contributed by atoms with E-state index in [-0.39, 0.29) is 0 Å². The molecule has 0 unspecified atom stereocenters. The normalized spacial score (nSPS) is 10.7. The molecule has 0 aliphatic heterocycles. The molecule has 18 heavy (non-hydrogen) atoms. The molecule has 3 aromatic rings. The minimum atomic E-state index is 0.623. The fourth-order valence-electron chi connectivity index (χ4n) is 1.96. The van der Waals surface area contributed by atoms with E-state index in [4.69, 9.17) is 17.3 Å². The summed E-state index contributed by atoms with van der Waals surface area (Å²) in [7, 11) is 0. The predicted octanol–water partition coefficient (Wildman–Crippen LogP) is 4.14. The van der Waals surface area contributed by atoms with Gasteiger partial charge in [-0.15, -0.1) is 0 Å². The number of nitrogens with zero attached hydrogens (tertiary/aromatic N) is 1. The third-order valence-electron chi connectivity index (χ3n) is 2.87. The highest BCUT2D eigenvalue weighted by atomic mass is 35.5. The lowest BCUT2D eigenvalue weighted by molar-refractivity contribution is 1.40. The van der Waals surface area contributed by atoms with Gasteiger partial charge in [0, 0.05) is 16.6 Å². The molecule has 1 heterocycles. The Morgan fingerprint density at radius 2 is 1.78 bits per heavy atom. The van der Waals surface area contributed by atoms with E-state index in [0.717, 1.165) is 22.2 Å². The van der Waals surface area contributed by atoms with Gasteiger partial charge in [0.1, 0.15) is 0 Å². The maximum absolute atomic E-state index is 6.20. The Hall–Kier alpha value is -2.06. The van der Waals surface area contributed by atoms with Crippen LogP contribution in [0.2, 0.25) is 5.02 Å². The molecule has 0 aliphatic carbocycles. The van der Waals surface area contributed by atoms with Gasteiger partial charge >= 0.3 is 0 Å². The summed E-state index contributed by atoms with van der Waals surface area (Å²) >= 11 is 6.20. The third-order valence-corrected chi connectivity index (χ3v) is 3.18. The molecule has 0 atom stereocenters. The molecule has 0 amide bonds. The summed E-state index contributed by atoms with van der Waals surface area (Å²) in [5.74, 6) is 0. The molecule has 0 saturated heterocycles. The molecular weight excluding hydrogens is 244 g/mol. The van der Waals surface area contributed by atoms with Crippen molar-refractivity contribution in [3.63, 3.8) is 0 Å². The van der Waals surface area contributed by atoms with Crippen LogP contribution in [0.15, 0.2) is 54.6 Å². The quantitative estimate of drug-likeness (QED) is 0.663. The van der Waals surface area contributed by atoms with Crippen molar-refractivity contribution >= 4 is 28.2 Å². The number of pyridine rings is 1. The molecule has 3 heteroatoms. The Bertz CT molecular complexity index is 723. The smallest absolute Gasteiger partial charge is 0.0724 e.